The molecule has 1 fully saturated rings. The Hall–Kier alpha value is -2.33. The van der Waals surface area contributed by atoms with E-state index in [-0.39, 0.29) is 5.92 Å². The lowest BCUT2D eigenvalue weighted by molar-refractivity contribution is -0.137. The number of methoxy groups -OCH3 is 1. The molecule has 1 saturated heterocycles. The molecule has 2 aromatic rings. The van der Waals surface area contributed by atoms with Gasteiger partial charge in [0.15, 0.2) is 0 Å². The van der Waals surface area contributed by atoms with E-state index in [0.717, 1.165) is 38.1 Å². The fourth-order valence-corrected chi connectivity index (χ4v) is 3.74. The minimum absolute atomic E-state index is 0.126. The van der Waals surface area contributed by atoms with Crippen LogP contribution in [0.3, 0.4) is 0 Å². The van der Waals surface area contributed by atoms with E-state index in [2.05, 4.69) is 36.5 Å². The summed E-state index contributed by atoms with van der Waals surface area (Å²) in [6, 6.07) is 18.8. The van der Waals surface area contributed by atoms with E-state index in [1.54, 1.807) is 7.11 Å². The number of nitrogens with one attached hydrogen (secondary N) is 1. The maximum atomic E-state index is 13.2. The topological polar surface area (TPSA) is 41.6 Å². The zero-order chi connectivity index (χ0) is 19.1. The zero-order valence-electron chi connectivity index (χ0n) is 16.4. The normalized spacial score (nSPS) is 19.5. The molecule has 0 unspecified atom stereocenters. The van der Waals surface area contributed by atoms with Gasteiger partial charge in [-0.15, -0.1) is 0 Å². The molecule has 27 heavy (non-hydrogen) atoms. The van der Waals surface area contributed by atoms with Crippen LogP contribution in [0.1, 0.15) is 30.9 Å². The summed E-state index contributed by atoms with van der Waals surface area (Å²) in [5.74, 6) is 1.28. The molecule has 0 aromatic heterocycles. The molecule has 4 nitrogen and oxygen atoms in total. The van der Waals surface area contributed by atoms with Crippen molar-refractivity contribution in [1.82, 2.24) is 10.2 Å². The second-order valence-corrected chi connectivity index (χ2v) is 7.42. The molecule has 1 heterocycles. The van der Waals surface area contributed by atoms with Crippen LogP contribution in [0.4, 0.5) is 0 Å². The lowest BCUT2D eigenvalue weighted by atomic mass is 9.91. The average molecular weight is 367 g/mol. The van der Waals surface area contributed by atoms with E-state index in [4.69, 9.17) is 4.74 Å². The number of nitrogens with zero attached hydrogens (tertiary/aromatic N) is 1. The first-order chi connectivity index (χ1) is 13.2. The molecule has 1 amide bonds. The van der Waals surface area contributed by atoms with Crippen LogP contribution in [0.2, 0.25) is 0 Å². The molecule has 0 radical (unpaired) electrons. The van der Waals surface area contributed by atoms with Crippen LogP contribution in [0.25, 0.3) is 0 Å². The molecular formula is C23H30N2O2. The first-order valence-electron chi connectivity index (χ1n) is 9.84. The Balaban J connectivity index is 1.69. The van der Waals surface area contributed by atoms with Crippen molar-refractivity contribution in [2.45, 2.75) is 38.8 Å². The third kappa shape index (κ3) is 5.57. The number of piperidine rings is 1. The highest BCUT2D eigenvalue weighted by molar-refractivity contribution is 5.79. The number of hydrogen-bond donors (Lipinski definition) is 1. The highest BCUT2D eigenvalue weighted by Crippen LogP contribution is 2.21. The van der Waals surface area contributed by atoms with Gasteiger partial charge in [-0.3, -0.25) is 4.79 Å². The molecule has 1 aliphatic heterocycles. The Morgan fingerprint density at radius 1 is 1.11 bits per heavy atom. The third-order valence-corrected chi connectivity index (χ3v) is 5.33. The predicted octanol–water partition coefficient (Wildman–Crippen LogP) is 3.65. The Morgan fingerprint density at radius 2 is 1.85 bits per heavy atom. The molecule has 2 atom stereocenters. The lowest BCUT2D eigenvalue weighted by Crippen LogP contribution is -2.44. The number of rotatable bonds is 7. The molecule has 1 N–H and O–H groups in total. The summed E-state index contributed by atoms with van der Waals surface area (Å²) >= 11 is 0. The summed E-state index contributed by atoms with van der Waals surface area (Å²) in [6.07, 6.45) is 2.70. The quantitative estimate of drug-likeness (QED) is 0.813. The monoisotopic (exact) mass is 366 g/mol. The van der Waals surface area contributed by atoms with Crippen molar-refractivity contribution in [3.05, 3.63) is 65.7 Å². The zero-order valence-corrected chi connectivity index (χ0v) is 16.4. The second-order valence-electron chi connectivity index (χ2n) is 7.42. The molecule has 0 aliphatic carbocycles. The van der Waals surface area contributed by atoms with Crippen LogP contribution in [-0.4, -0.2) is 37.0 Å². The van der Waals surface area contributed by atoms with Gasteiger partial charge in [0.1, 0.15) is 5.75 Å². The van der Waals surface area contributed by atoms with Crippen LogP contribution >= 0.6 is 0 Å². The molecular weight excluding hydrogens is 336 g/mol. The number of carbonyl (C=O) groups excluding carboxylic acids is 1. The summed E-state index contributed by atoms with van der Waals surface area (Å²) < 4.78 is 5.23. The third-order valence-electron chi connectivity index (χ3n) is 5.33. The SMILES string of the molecule is COc1ccc(CCN(Cc2ccccc2)C(=O)[C@H]2CCN[C@@H](C)C2)cc1. The van der Waals surface area contributed by atoms with E-state index in [9.17, 15) is 4.79 Å². The van der Waals surface area contributed by atoms with E-state index in [0.29, 0.717) is 18.5 Å². The Bertz CT molecular complexity index is 715. The molecule has 144 valence electrons. The van der Waals surface area contributed by atoms with E-state index < -0.39 is 0 Å². The maximum absolute atomic E-state index is 13.2. The fourth-order valence-electron chi connectivity index (χ4n) is 3.74. The van der Waals surface area contributed by atoms with Gasteiger partial charge in [0.05, 0.1) is 7.11 Å². The lowest BCUT2D eigenvalue weighted by Gasteiger charge is -2.32. The van der Waals surface area contributed by atoms with Crippen LogP contribution < -0.4 is 10.1 Å². The number of ether oxygens (including phenoxy) is 1. The van der Waals surface area contributed by atoms with Crippen LogP contribution in [0.5, 0.6) is 5.75 Å². The van der Waals surface area contributed by atoms with E-state index in [1.807, 2.05) is 35.2 Å². The Morgan fingerprint density at radius 3 is 2.52 bits per heavy atom. The van der Waals surface area contributed by atoms with Crippen molar-refractivity contribution >= 4 is 5.91 Å². The van der Waals surface area contributed by atoms with Crippen molar-refractivity contribution in [2.75, 3.05) is 20.2 Å². The van der Waals surface area contributed by atoms with Crippen molar-refractivity contribution in [1.29, 1.82) is 0 Å². The van der Waals surface area contributed by atoms with Gasteiger partial charge in [-0.2, -0.15) is 0 Å². The first kappa shape index (κ1) is 19.4. The highest BCUT2D eigenvalue weighted by Gasteiger charge is 2.28. The minimum Gasteiger partial charge on any atom is -0.497 e. The number of benzene rings is 2. The minimum atomic E-state index is 0.126. The van der Waals surface area contributed by atoms with Gasteiger partial charge >= 0.3 is 0 Å². The van der Waals surface area contributed by atoms with Gasteiger partial charge in [0, 0.05) is 25.0 Å². The Kier molecular flexibility index (Phi) is 6.88. The average Bonchev–Trinajstić information content (AvgIpc) is 2.71. The van der Waals surface area contributed by atoms with Crippen molar-refractivity contribution in [3.63, 3.8) is 0 Å². The molecule has 1 aliphatic rings. The van der Waals surface area contributed by atoms with Gasteiger partial charge < -0.3 is 15.0 Å². The van der Waals surface area contributed by atoms with Crippen LogP contribution in [0, 0.1) is 5.92 Å². The standard InChI is InChI=1S/C23H30N2O2/c1-18-16-21(12-14-24-18)23(26)25(17-20-6-4-3-5-7-20)15-13-19-8-10-22(27-2)11-9-19/h3-11,18,21,24H,12-17H2,1-2H3/t18-,21-/m0/s1. The molecule has 2 aromatic carbocycles. The van der Waals surface area contributed by atoms with Gasteiger partial charge in [0.2, 0.25) is 5.91 Å². The summed E-state index contributed by atoms with van der Waals surface area (Å²) in [5, 5.41) is 3.44. The molecule has 4 heteroatoms. The second kappa shape index (κ2) is 9.56. The number of carbonyl (C=O) groups is 1. The number of amides is 1. The van der Waals surface area contributed by atoms with E-state index >= 15 is 0 Å². The van der Waals surface area contributed by atoms with Gasteiger partial charge in [-0.05, 0) is 56.0 Å². The molecule has 0 bridgehead atoms. The highest BCUT2D eigenvalue weighted by atomic mass is 16.5. The van der Waals surface area contributed by atoms with Gasteiger partial charge in [-0.1, -0.05) is 42.5 Å². The molecule has 0 saturated carbocycles. The molecule has 3 rings (SSSR count). The summed E-state index contributed by atoms with van der Waals surface area (Å²) in [4.78, 5) is 15.3. The van der Waals surface area contributed by atoms with Crippen molar-refractivity contribution < 1.29 is 9.53 Å². The fraction of sp³-hybridized carbons (Fsp3) is 0.435. The molecule has 0 spiro atoms. The smallest absolute Gasteiger partial charge is 0.226 e. The van der Waals surface area contributed by atoms with E-state index in [1.165, 1.54) is 11.1 Å². The van der Waals surface area contributed by atoms with Crippen LogP contribution in [-0.2, 0) is 17.8 Å². The summed E-state index contributed by atoms with van der Waals surface area (Å²) in [6.45, 7) is 4.50. The summed E-state index contributed by atoms with van der Waals surface area (Å²) in [7, 11) is 1.68. The predicted molar refractivity (Wildman–Crippen MR) is 109 cm³/mol. The van der Waals surface area contributed by atoms with Crippen molar-refractivity contribution in [3.8, 4) is 5.75 Å². The largest absolute Gasteiger partial charge is 0.497 e. The van der Waals surface area contributed by atoms with Crippen LogP contribution in [0.15, 0.2) is 54.6 Å². The van der Waals surface area contributed by atoms with Crippen molar-refractivity contribution in [2.24, 2.45) is 5.92 Å². The summed E-state index contributed by atoms with van der Waals surface area (Å²) in [5.41, 5.74) is 2.41. The number of hydrogen-bond acceptors (Lipinski definition) is 3. The van der Waals surface area contributed by atoms with Gasteiger partial charge in [-0.25, -0.2) is 0 Å². The first-order valence-corrected chi connectivity index (χ1v) is 9.84. The van der Waals surface area contributed by atoms with Gasteiger partial charge in [0.25, 0.3) is 0 Å². The maximum Gasteiger partial charge on any atom is 0.226 e. The Labute approximate surface area is 162 Å².